The van der Waals surface area contributed by atoms with Gasteiger partial charge in [-0.25, -0.2) is 0 Å². The van der Waals surface area contributed by atoms with Crippen LogP contribution in [-0.2, 0) is 0 Å². The zero-order chi connectivity index (χ0) is 14.5. The first-order valence-electron chi connectivity index (χ1n) is 7.69. The van der Waals surface area contributed by atoms with Gasteiger partial charge in [-0.15, -0.1) is 0 Å². The van der Waals surface area contributed by atoms with Crippen LogP contribution < -0.4 is 9.47 Å². The Kier molecular flexibility index (Phi) is 4.65. The Hall–Kier alpha value is -1.68. The van der Waals surface area contributed by atoms with E-state index in [0.717, 1.165) is 42.0 Å². The molecule has 1 aromatic heterocycles. The summed E-state index contributed by atoms with van der Waals surface area (Å²) < 4.78 is 11.3. The number of ether oxygens (including phenoxy) is 2. The molecule has 21 heavy (non-hydrogen) atoms. The average molecular weight is 287 g/mol. The Morgan fingerprint density at radius 1 is 1.19 bits per heavy atom. The standard InChI is InChI=1S/C17H23N2O2/c1-20-16-12-14-6-7-18-15(14)13-17(16)21-11-5-10-19-8-3-2-4-9-19/h2,6-7,12-13,18H,3-5,8-11H2,1H3. The molecule has 0 saturated carbocycles. The van der Waals surface area contributed by atoms with Crippen LogP contribution in [0.2, 0.25) is 0 Å². The SMILES string of the molecule is COc1cc2cc[nH]c2cc1OCCCN1CC[CH]CC1. The van der Waals surface area contributed by atoms with Gasteiger partial charge in [-0.05, 0) is 50.9 Å². The lowest BCUT2D eigenvalue weighted by molar-refractivity contribution is 0.219. The van der Waals surface area contributed by atoms with E-state index in [2.05, 4.69) is 16.3 Å². The number of H-pyrrole nitrogens is 1. The molecule has 4 nitrogen and oxygen atoms in total. The van der Waals surface area contributed by atoms with Crippen molar-refractivity contribution in [3.05, 3.63) is 30.8 Å². The van der Waals surface area contributed by atoms with Crippen LogP contribution in [0.4, 0.5) is 0 Å². The summed E-state index contributed by atoms with van der Waals surface area (Å²) >= 11 is 0. The predicted molar refractivity (Wildman–Crippen MR) is 84.9 cm³/mol. The van der Waals surface area contributed by atoms with Gasteiger partial charge in [0.25, 0.3) is 0 Å². The normalized spacial score (nSPS) is 16.2. The molecule has 1 aliphatic rings. The molecule has 0 bridgehead atoms. The fourth-order valence-corrected chi connectivity index (χ4v) is 2.83. The minimum Gasteiger partial charge on any atom is -0.493 e. The number of methoxy groups -OCH3 is 1. The maximum atomic E-state index is 5.92. The van der Waals surface area contributed by atoms with Gasteiger partial charge >= 0.3 is 0 Å². The Morgan fingerprint density at radius 2 is 2.05 bits per heavy atom. The van der Waals surface area contributed by atoms with Crippen molar-refractivity contribution in [2.24, 2.45) is 0 Å². The Bertz CT molecular complexity index is 573. The number of likely N-dealkylation sites (tertiary alicyclic amines) is 1. The first-order valence-corrected chi connectivity index (χ1v) is 7.69. The number of hydrogen-bond acceptors (Lipinski definition) is 3. The highest BCUT2D eigenvalue weighted by atomic mass is 16.5. The molecule has 2 aromatic rings. The summed E-state index contributed by atoms with van der Waals surface area (Å²) in [6, 6.07) is 6.07. The Labute approximate surface area is 126 Å². The zero-order valence-electron chi connectivity index (χ0n) is 12.6. The van der Waals surface area contributed by atoms with E-state index in [9.17, 15) is 0 Å². The van der Waals surface area contributed by atoms with Crippen LogP contribution in [0.25, 0.3) is 10.9 Å². The van der Waals surface area contributed by atoms with Crippen molar-refractivity contribution >= 4 is 10.9 Å². The molecule has 4 heteroatoms. The second kappa shape index (κ2) is 6.85. The van der Waals surface area contributed by atoms with Gasteiger partial charge in [-0.2, -0.15) is 0 Å². The van der Waals surface area contributed by atoms with E-state index in [4.69, 9.17) is 9.47 Å². The second-order valence-electron chi connectivity index (χ2n) is 5.48. The summed E-state index contributed by atoms with van der Waals surface area (Å²) in [5, 5.41) is 1.14. The number of aromatic amines is 1. The van der Waals surface area contributed by atoms with E-state index < -0.39 is 0 Å². The van der Waals surface area contributed by atoms with Crippen molar-refractivity contribution in [2.75, 3.05) is 33.4 Å². The molecule has 0 spiro atoms. The second-order valence-corrected chi connectivity index (χ2v) is 5.48. The van der Waals surface area contributed by atoms with Crippen molar-refractivity contribution in [2.45, 2.75) is 19.3 Å². The van der Waals surface area contributed by atoms with Gasteiger partial charge in [-0.1, -0.05) is 0 Å². The van der Waals surface area contributed by atoms with Crippen LogP contribution in [-0.4, -0.2) is 43.2 Å². The van der Waals surface area contributed by atoms with Crippen LogP contribution >= 0.6 is 0 Å². The molecule has 0 atom stereocenters. The van der Waals surface area contributed by atoms with E-state index in [0.29, 0.717) is 0 Å². The molecule has 0 unspecified atom stereocenters. The first-order chi connectivity index (χ1) is 10.4. The van der Waals surface area contributed by atoms with Crippen LogP contribution in [0.1, 0.15) is 19.3 Å². The number of nitrogens with zero attached hydrogens (tertiary/aromatic N) is 1. The van der Waals surface area contributed by atoms with Gasteiger partial charge in [0.15, 0.2) is 11.5 Å². The molecule has 0 aliphatic carbocycles. The third-order valence-electron chi connectivity index (χ3n) is 4.01. The zero-order valence-corrected chi connectivity index (χ0v) is 12.6. The molecule has 3 rings (SSSR count). The van der Waals surface area contributed by atoms with Crippen molar-refractivity contribution in [3.8, 4) is 11.5 Å². The molecule has 1 saturated heterocycles. The van der Waals surface area contributed by atoms with Crippen molar-refractivity contribution in [1.29, 1.82) is 0 Å². The van der Waals surface area contributed by atoms with E-state index >= 15 is 0 Å². The third kappa shape index (κ3) is 3.50. The summed E-state index contributed by atoms with van der Waals surface area (Å²) in [6.07, 6.45) is 7.80. The lowest BCUT2D eigenvalue weighted by Gasteiger charge is -2.26. The van der Waals surface area contributed by atoms with E-state index in [1.807, 2.05) is 24.4 Å². The molecule has 1 aliphatic heterocycles. The van der Waals surface area contributed by atoms with Gasteiger partial charge in [0.1, 0.15) is 0 Å². The van der Waals surface area contributed by atoms with Crippen LogP contribution in [0, 0.1) is 6.42 Å². The number of aromatic nitrogens is 1. The summed E-state index contributed by atoms with van der Waals surface area (Å²) in [5.41, 5.74) is 1.08. The maximum absolute atomic E-state index is 5.92. The topological polar surface area (TPSA) is 37.5 Å². The fraction of sp³-hybridized carbons (Fsp3) is 0.471. The summed E-state index contributed by atoms with van der Waals surface area (Å²) in [7, 11) is 1.69. The summed E-state index contributed by atoms with van der Waals surface area (Å²) in [6.45, 7) is 4.22. The largest absolute Gasteiger partial charge is 0.493 e. The van der Waals surface area contributed by atoms with E-state index in [1.165, 1.54) is 25.9 Å². The number of nitrogens with one attached hydrogen (secondary N) is 1. The molecule has 1 fully saturated rings. The Morgan fingerprint density at radius 3 is 2.86 bits per heavy atom. The van der Waals surface area contributed by atoms with Crippen molar-refractivity contribution in [1.82, 2.24) is 9.88 Å². The Balaban J connectivity index is 1.54. The molecule has 0 amide bonds. The average Bonchev–Trinajstić information content (AvgIpc) is 2.99. The summed E-state index contributed by atoms with van der Waals surface area (Å²) in [5.74, 6) is 1.62. The molecule has 1 aromatic carbocycles. The monoisotopic (exact) mass is 287 g/mol. The maximum Gasteiger partial charge on any atom is 0.163 e. The number of fused-ring (bicyclic) bond motifs is 1. The lowest BCUT2D eigenvalue weighted by Crippen LogP contribution is -2.31. The predicted octanol–water partition coefficient (Wildman–Crippen LogP) is 3.25. The van der Waals surface area contributed by atoms with Gasteiger partial charge < -0.3 is 19.4 Å². The lowest BCUT2D eigenvalue weighted by atomic mass is 10.1. The first kappa shape index (κ1) is 14.3. The number of rotatable bonds is 6. The molecule has 1 radical (unpaired) electrons. The fourth-order valence-electron chi connectivity index (χ4n) is 2.83. The van der Waals surface area contributed by atoms with Crippen molar-refractivity contribution in [3.63, 3.8) is 0 Å². The van der Waals surface area contributed by atoms with Gasteiger partial charge in [0.2, 0.25) is 0 Å². The number of piperidine rings is 1. The number of hydrogen-bond donors (Lipinski definition) is 1. The van der Waals surface area contributed by atoms with E-state index in [-0.39, 0.29) is 0 Å². The highest BCUT2D eigenvalue weighted by molar-refractivity contribution is 5.83. The molecular formula is C17H23N2O2. The van der Waals surface area contributed by atoms with E-state index in [1.54, 1.807) is 7.11 Å². The molecule has 113 valence electrons. The quantitative estimate of drug-likeness (QED) is 0.829. The molecule has 1 N–H and O–H groups in total. The van der Waals surface area contributed by atoms with Gasteiger partial charge in [-0.3, -0.25) is 0 Å². The smallest absolute Gasteiger partial charge is 0.163 e. The minimum atomic E-state index is 0.725. The molecular weight excluding hydrogens is 264 g/mol. The third-order valence-corrected chi connectivity index (χ3v) is 4.01. The van der Waals surface area contributed by atoms with Gasteiger partial charge in [0, 0.05) is 29.7 Å². The van der Waals surface area contributed by atoms with Gasteiger partial charge in [0.05, 0.1) is 13.7 Å². The number of benzene rings is 1. The highest BCUT2D eigenvalue weighted by Gasteiger charge is 2.10. The molecule has 2 heterocycles. The minimum absolute atomic E-state index is 0.725. The van der Waals surface area contributed by atoms with Crippen LogP contribution in [0.3, 0.4) is 0 Å². The van der Waals surface area contributed by atoms with Crippen LogP contribution in [0.5, 0.6) is 11.5 Å². The highest BCUT2D eigenvalue weighted by Crippen LogP contribution is 2.31. The van der Waals surface area contributed by atoms with Crippen LogP contribution in [0.15, 0.2) is 24.4 Å². The summed E-state index contributed by atoms with van der Waals surface area (Å²) in [4.78, 5) is 5.71. The van der Waals surface area contributed by atoms with Crippen molar-refractivity contribution < 1.29 is 9.47 Å².